The van der Waals surface area contributed by atoms with Gasteiger partial charge in [-0.2, -0.15) is 0 Å². The second-order valence-electron chi connectivity index (χ2n) is 4.32. The summed E-state index contributed by atoms with van der Waals surface area (Å²) in [7, 11) is 2.87. The molecule has 7 heteroatoms. The number of fused-ring (bicyclic) bond motifs is 1. The summed E-state index contributed by atoms with van der Waals surface area (Å²) >= 11 is 0. The van der Waals surface area contributed by atoms with Gasteiger partial charge in [-0.15, -0.1) is 0 Å². The van der Waals surface area contributed by atoms with E-state index >= 15 is 0 Å². The third-order valence-corrected chi connectivity index (χ3v) is 3.18. The highest BCUT2D eigenvalue weighted by atomic mass is 16.5. The lowest BCUT2D eigenvalue weighted by molar-refractivity contribution is -0.126. The first-order chi connectivity index (χ1) is 9.42. The zero-order valence-electron chi connectivity index (χ0n) is 11.3. The fraction of sp³-hybridized carbons (Fsp3) is 0.308. The lowest BCUT2D eigenvalue weighted by Crippen LogP contribution is -2.40. The molecule has 0 saturated carbocycles. The number of hydrogen-bond donors (Lipinski definition) is 1. The number of rotatable bonds is 3. The summed E-state index contributed by atoms with van der Waals surface area (Å²) in [6, 6.07) is 2.04. The van der Waals surface area contributed by atoms with Crippen LogP contribution in [0.15, 0.2) is 12.1 Å². The third kappa shape index (κ3) is 1.87. The minimum absolute atomic E-state index is 0.250. The van der Waals surface area contributed by atoms with Crippen LogP contribution in [0.3, 0.4) is 0 Å². The molecule has 1 aromatic carbocycles. The van der Waals surface area contributed by atoms with Gasteiger partial charge in [0, 0.05) is 11.6 Å². The van der Waals surface area contributed by atoms with Gasteiger partial charge >= 0.3 is 6.03 Å². The zero-order valence-corrected chi connectivity index (χ0v) is 11.3. The van der Waals surface area contributed by atoms with Gasteiger partial charge in [0.05, 0.1) is 19.9 Å². The Morgan fingerprint density at radius 1 is 1.20 bits per heavy atom. The first kappa shape index (κ1) is 13.9. The quantitative estimate of drug-likeness (QED) is 0.824. The average Bonchev–Trinajstić information content (AvgIpc) is 2.67. The van der Waals surface area contributed by atoms with E-state index in [0.29, 0.717) is 17.1 Å². The van der Waals surface area contributed by atoms with Crippen LogP contribution in [0.2, 0.25) is 0 Å². The van der Waals surface area contributed by atoms with E-state index in [-0.39, 0.29) is 11.5 Å². The largest absolute Gasteiger partial charge is 0.493 e. The van der Waals surface area contributed by atoms with Crippen LogP contribution < -0.4 is 20.1 Å². The van der Waals surface area contributed by atoms with Crippen LogP contribution >= 0.6 is 0 Å². The van der Waals surface area contributed by atoms with Gasteiger partial charge < -0.3 is 15.2 Å². The maximum Gasteiger partial charge on any atom is 0.326 e. The average molecular weight is 278 g/mol. The number of Topliss-reactive ketones (excluding diaryl/α,β-unsaturated/α-hetero) is 1. The molecule has 0 radical (unpaired) electrons. The van der Waals surface area contributed by atoms with E-state index in [4.69, 9.17) is 15.2 Å². The smallest absolute Gasteiger partial charge is 0.326 e. The molecule has 20 heavy (non-hydrogen) atoms. The Bertz CT molecular complexity index is 560. The number of nitrogens with two attached hydrogens (primary N) is 1. The molecular weight excluding hydrogens is 264 g/mol. The Hall–Kier alpha value is -2.57. The van der Waals surface area contributed by atoms with Crippen molar-refractivity contribution in [2.45, 2.75) is 12.8 Å². The Labute approximate surface area is 115 Å². The van der Waals surface area contributed by atoms with Crippen molar-refractivity contribution in [3.05, 3.63) is 17.7 Å². The number of primary amides is 1. The van der Waals surface area contributed by atoms with Crippen LogP contribution in [0.1, 0.15) is 18.4 Å². The highest BCUT2D eigenvalue weighted by molar-refractivity contribution is 6.27. The fourth-order valence-electron chi connectivity index (χ4n) is 2.31. The van der Waals surface area contributed by atoms with Gasteiger partial charge in [0.2, 0.25) is 5.91 Å². The molecular formula is C13H14N2O5. The van der Waals surface area contributed by atoms with Crippen molar-refractivity contribution < 1.29 is 23.9 Å². The summed E-state index contributed by atoms with van der Waals surface area (Å²) < 4.78 is 10.3. The third-order valence-electron chi connectivity index (χ3n) is 3.18. The highest BCUT2D eigenvalue weighted by Gasteiger charge is 2.43. The van der Waals surface area contributed by atoms with Gasteiger partial charge in [-0.1, -0.05) is 0 Å². The summed E-state index contributed by atoms with van der Waals surface area (Å²) in [5, 5.41) is 0. The van der Waals surface area contributed by atoms with E-state index in [0.717, 1.165) is 4.90 Å². The van der Waals surface area contributed by atoms with Crippen LogP contribution in [0.25, 0.3) is 0 Å². The van der Waals surface area contributed by atoms with Gasteiger partial charge in [-0.25, -0.2) is 9.69 Å². The Morgan fingerprint density at radius 2 is 1.75 bits per heavy atom. The summed E-state index contributed by atoms with van der Waals surface area (Å²) in [6.07, 6.45) is 0. The molecule has 7 nitrogen and oxygen atoms in total. The van der Waals surface area contributed by atoms with Crippen LogP contribution in [-0.2, 0) is 9.59 Å². The number of ether oxygens (including phenoxy) is 2. The molecule has 1 aromatic rings. The lowest BCUT2D eigenvalue weighted by Gasteiger charge is -2.14. The Kier molecular flexibility index (Phi) is 3.35. The normalized spacial score (nSPS) is 16.9. The van der Waals surface area contributed by atoms with Gasteiger partial charge in [0.15, 0.2) is 11.5 Å². The molecule has 0 fully saturated rings. The SMILES string of the molecule is COc1cc2c(cc1OC)N(C(N)=O)C(=O)C2C(C)=O. The van der Waals surface area contributed by atoms with Gasteiger partial charge in [-0.3, -0.25) is 9.59 Å². The number of hydrogen-bond acceptors (Lipinski definition) is 5. The molecule has 1 unspecified atom stereocenters. The zero-order chi connectivity index (χ0) is 15.0. The first-order valence-electron chi connectivity index (χ1n) is 5.82. The molecule has 2 N–H and O–H groups in total. The lowest BCUT2D eigenvalue weighted by atomic mass is 9.96. The van der Waals surface area contributed by atoms with E-state index < -0.39 is 17.9 Å². The maximum atomic E-state index is 12.2. The number of benzene rings is 1. The molecule has 0 bridgehead atoms. The van der Waals surface area contributed by atoms with Gasteiger partial charge in [0.1, 0.15) is 11.7 Å². The molecule has 2 rings (SSSR count). The summed E-state index contributed by atoms with van der Waals surface area (Å²) in [5.41, 5.74) is 5.85. The van der Waals surface area contributed by atoms with Crippen LogP contribution in [0.4, 0.5) is 10.5 Å². The van der Waals surface area contributed by atoms with Crippen molar-refractivity contribution in [2.24, 2.45) is 5.73 Å². The standard InChI is InChI=1S/C13H14N2O5/c1-6(16)11-7-4-9(19-2)10(20-3)5-8(7)15(12(11)17)13(14)18/h4-5,11H,1-3H3,(H2,14,18). The van der Waals surface area contributed by atoms with E-state index in [2.05, 4.69) is 0 Å². The minimum atomic E-state index is -1.04. The number of urea groups is 1. The number of anilines is 1. The molecule has 1 aliphatic rings. The number of carbonyl (C=O) groups excluding carboxylic acids is 3. The molecule has 1 aliphatic heterocycles. The number of methoxy groups -OCH3 is 2. The van der Waals surface area contributed by atoms with E-state index in [9.17, 15) is 14.4 Å². The van der Waals surface area contributed by atoms with Crippen LogP contribution in [0.5, 0.6) is 11.5 Å². The van der Waals surface area contributed by atoms with Crippen LogP contribution in [0, 0.1) is 0 Å². The first-order valence-corrected chi connectivity index (χ1v) is 5.82. The molecule has 0 spiro atoms. The Balaban J connectivity index is 2.70. The number of carbonyl (C=O) groups is 3. The fourth-order valence-corrected chi connectivity index (χ4v) is 2.31. The van der Waals surface area contributed by atoms with E-state index in [1.165, 1.54) is 33.3 Å². The molecule has 0 saturated heterocycles. The molecule has 1 atom stereocenters. The van der Waals surface area contributed by atoms with Crippen molar-refractivity contribution in [3.63, 3.8) is 0 Å². The van der Waals surface area contributed by atoms with Crippen molar-refractivity contribution in [1.82, 2.24) is 0 Å². The van der Waals surface area contributed by atoms with Crippen molar-refractivity contribution >= 4 is 23.4 Å². The van der Waals surface area contributed by atoms with Crippen molar-refractivity contribution in [3.8, 4) is 11.5 Å². The van der Waals surface area contributed by atoms with Crippen molar-refractivity contribution in [1.29, 1.82) is 0 Å². The summed E-state index contributed by atoms with van der Waals surface area (Å²) in [6.45, 7) is 1.29. The molecule has 106 valence electrons. The van der Waals surface area contributed by atoms with Gasteiger partial charge in [0.25, 0.3) is 0 Å². The number of ketones is 1. The number of amides is 3. The summed E-state index contributed by atoms with van der Waals surface area (Å²) in [5.74, 6) is -1.36. The van der Waals surface area contributed by atoms with Crippen molar-refractivity contribution in [2.75, 3.05) is 19.1 Å². The second-order valence-corrected chi connectivity index (χ2v) is 4.32. The molecule has 0 aromatic heterocycles. The molecule has 0 aliphatic carbocycles. The van der Waals surface area contributed by atoms with E-state index in [1.807, 2.05) is 0 Å². The number of nitrogens with zero attached hydrogens (tertiary/aromatic N) is 1. The predicted octanol–water partition coefficient (Wildman–Crippen LogP) is 0.802. The van der Waals surface area contributed by atoms with Gasteiger partial charge in [-0.05, 0) is 13.0 Å². The monoisotopic (exact) mass is 278 g/mol. The molecule has 1 heterocycles. The molecule has 3 amide bonds. The second kappa shape index (κ2) is 4.84. The van der Waals surface area contributed by atoms with Crippen LogP contribution in [-0.4, -0.2) is 31.9 Å². The minimum Gasteiger partial charge on any atom is -0.493 e. The van der Waals surface area contributed by atoms with E-state index in [1.54, 1.807) is 0 Å². The highest BCUT2D eigenvalue weighted by Crippen LogP contribution is 2.44. The topological polar surface area (TPSA) is 98.9 Å². The number of imide groups is 1. The Morgan fingerprint density at radius 3 is 2.20 bits per heavy atom. The summed E-state index contributed by atoms with van der Waals surface area (Å²) in [4.78, 5) is 36.1. The maximum absolute atomic E-state index is 12.2. The predicted molar refractivity (Wildman–Crippen MR) is 70.0 cm³/mol.